The van der Waals surface area contributed by atoms with Gasteiger partial charge < -0.3 is 4.74 Å². The standard InChI is InChI=1S/C6H9NO2S2/c1-4(2-7)3-9-5(8)6(10)11/h4,6,10-11H,3H2,1H3. The topological polar surface area (TPSA) is 50.1 Å². The normalized spacial score (nSPS) is 12.3. The minimum Gasteiger partial charge on any atom is -0.463 e. The first-order chi connectivity index (χ1) is 5.07. The molecular weight excluding hydrogens is 182 g/mol. The van der Waals surface area contributed by atoms with Gasteiger partial charge in [-0.25, -0.2) is 4.79 Å². The molecule has 0 fully saturated rings. The van der Waals surface area contributed by atoms with Gasteiger partial charge in [-0.2, -0.15) is 30.5 Å². The third-order valence-corrected chi connectivity index (χ3v) is 1.33. The number of ether oxygens (including phenoxy) is 1. The van der Waals surface area contributed by atoms with Crippen molar-refractivity contribution in [1.29, 1.82) is 5.26 Å². The molecule has 0 aromatic heterocycles. The van der Waals surface area contributed by atoms with E-state index in [1.165, 1.54) is 0 Å². The molecule has 0 rings (SSSR count). The number of esters is 1. The monoisotopic (exact) mass is 191 g/mol. The maximum absolute atomic E-state index is 10.7. The van der Waals surface area contributed by atoms with Crippen molar-refractivity contribution in [2.45, 2.75) is 11.5 Å². The highest BCUT2D eigenvalue weighted by atomic mass is 32.2. The lowest BCUT2D eigenvalue weighted by Gasteiger charge is -2.06. The number of carbonyl (C=O) groups is 1. The zero-order valence-corrected chi connectivity index (χ0v) is 7.81. The Morgan fingerprint density at radius 2 is 2.27 bits per heavy atom. The van der Waals surface area contributed by atoms with E-state index < -0.39 is 10.6 Å². The Balaban J connectivity index is 3.56. The Morgan fingerprint density at radius 3 is 2.64 bits per heavy atom. The summed E-state index contributed by atoms with van der Waals surface area (Å²) in [4.78, 5) is 10.7. The van der Waals surface area contributed by atoms with Crippen LogP contribution >= 0.6 is 25.3 Å². The molecule has 62 valence electrons. The lowest BCUT2D eigenvalue weighted by molar-refractivity contribution is -0.141. The summed E-state index contributed by atoms with van der Waals surface area (Å²) in [7, 11) is 0. The van der Waals surface area contributed by atoms with Crippen LogP contribution in [0.15, 0.2) is 0 Å². The second-order valence-electron chi connectivity index (χ2n) is 2.03. The Morgan fingerprint density at radius 1 is 1.73 bits per heavy atom. The lowest BCUT2D eigenvalue weighted by Crippen LogP contribution is -2.16. The molecule has 0 aliphatic heterocycles. The molecule has 0 N–H and O–H groups in total. The third-order valence-electron chi connectivity index (χ3n) is 0.907. The number of hydrogen-bond donors (Lipinski definition) is 2. The number of nitrogens with zero attached hydrogens (tertiary/aromatic N) is 1. The summed E-state index contributed by atoms with van der Waals surface area (Å²) in [5.41, 5.74) is 0. The minimum absolute atomic E-state index is 0.104. The molecule has 0 saturated carbocycles. The second kappa shape index (κ2) is 5.33. The zero-order chi connectivity index (χ0) is 8.85. The number of rotatable bonds is 3. The Hall–Kier alpha value is -0.340. The van der Waals surface area contributed by atoms with Gasteiger partial charge in [0.1, 0.15) is 11.2 Å². The molecule has 0 heterocycles. The first kappa shape index (κ1) is 10.7. The van der Waals surface area contributed by atoms with Gasteiger partial charge in [0.15, 0.2) is 0 Å². The number of nitriles is 1. The van der Waals surface area contributed by atoms with Gasteiger partial charge in [0.25, 0.3) is 0 Å². The zero-order valence-electron chi connectivity index (χ0n) is 6.02. The maximum atomic E-state index is 10.7. The first-order valence-corrected chi connectivity index (χ1v) is 4.03. The number of thiol groups is 2. The second-order valence-corrected chi connectivity index (χ2v) is 3.47. The van der Waals surface area contributed by atoms with Gasteiger partial charge in [-0.15, -0.1) is 0 Å². The van der Waals surface area contributed by atoms with E-state index in [1.807, 2.05) is 6.07 Å². The van der Waals surface area contributed by atoms with Gasteiger partial charge in [0.05, 0.1) is 12.0 Å². The van der Waals surface area contributed by atoms with Crippen molar-refractivity contribution in [3.05, 3.63) is 0 Å². The van der Waals surface area contributed by atoms with Crippen LogP contribution in [0.4, 0.5) is 0 Å². The highest BCUT2D eigenvalue weighted by Gasteiger charge is 2.11. The van der Waals surface area contributed by atoms with Crippen molar-refractivity contribution in [3.8, 4) is 6.07 Å². The molecule has 0 amide bonds. The van der Waals surface area contributed by atoms with Crippen molar-refractivity contribution in [3.63, 3.8) is 0 Å². The number of hydrogen-bond acceptors (Lipinski definition) is 5. The summed E-state index contributed by atoms with van der Waals surface area (Å²) in [5.74, 6) is -0.793. The van der Waals surface area contributed by atoms with Gasteiger partial charge in [0.2, 0.25) is 0 Å². The maximum Gasteiger partial charge on any atom is 0.328 e. The van der Waals surface area contributed by atoms with Crippen LogP contribution in [0.3, 0.4) is 0 Å². The van der Waals surface area contributed by atoms with Crippen LogP contribution in [0.25, 0.3) is 0 Å². The molecule has 0 aliphatic carbocycles. The molecular formula is C6H9NO2S2. The predicted molar refractivity (Wildman–Crippen MR) is 47.5 cm³/mol. The molecule has 11 heavy (non-hydrogen) atoms. The van der Waals surface area contributed by atoms with E-state index in [0.29, 0.717) is 0 Å². The third kappa shape index (κ3) is 4.99. The average Bonchev–Trinajstić information content (AvgIpc) is 1.99. The highest BCUT2D eigenvalue weighted by Crippen LogP contribution is 2.03. The summed E-state index contributed by atoms with van der Waals surface area (Å²) in [6, 6.07) is 1.93. The van der Waals surface area contributed by atoms with Crippen LogP contribution in [-0.2, 0) is 9.53 Å². The highest BCUT2D eigenvalue weighted by molar-refractivity contribution is 8.00. The molecule has 1 atom stereocenters. The molecule has 5 heteroatoms. The van der Waals surface area contributed by atoms with Gasteiger partial charge in [-0.3, -0.25) is 0 Å². The smallest absolute Gasteiger partial charge is 0.328 e. The average molecular weight is 191 g/mol. The van der Waals surface area contributed by atoms with E-state index in [-0.39, 0.29) is 12.5 Å². The van der Waals surface area contributed by atoms with Gasteiger partial charge >= 0.3 is 5.97 Å². The molecule has 0 bridgehead atoms. The van der Waals surface area contributed by atoms with E-state index in [2.05, 4.69) is 30.0 Å². The van der Waals surface area contributed by atoms with E-state index in [9.17, 15) is 4.79 Å². The minimum atomic E-state index is -0.721. The molecule has 1 unspecified atom stereocenters. The SMILES string of the molecule is CC(C#N)COC(=O)C(S)S. The van der Waals surface area contributed by atoms with Crippen molar-refractivity contribution >= 4 is 31.2 Å². The van der Waals surface area contributed by atoms with Gasteiger partial charge in [-0.05, 0) is 6.92 Å². The van der Waals surface area contributed by atoms with E-state index in [0.717, 1.165) is 0 Å². The quantitative estimate of drug-likeness (QED) is 0.395. The summed E-state index contributed by atoms with van der Waals surface area (Å²) >= 11 is 7.46. The Bertz CT molecular complexity index is 176. The van der Waals surface area contributed by atoms with E-state index in [1.54, 1.807) is 6.92 Å². The Kier molecular flexibility index (Phi) is 5.16. The van der Waals surface area contributed by atoms with Gasteiger partial charge in [-0.1, -0.05) is 0 Å². The van der Waals surface area contributed by atoms with Gasteiger partial charge in [0, 0.05) is 0 Å². The molecule has 0 aliphatic rings. The predicted octanol–water partition coefficient (Wildman–Crippen LogP) is 0.875. The fourth-order valence-corrected chi connectivity index (χ4v) is 0.468. The van der Waals surface area contributed by atoms with Crippen LogP contribution in [-0.4, -0.2) is 17.2 Å². The van der Waals surface area contributed by atoms with Crippen molar-refractivity contribution in [2.24, 2.45) is 5.92 Å². The number of carbonyl (C=O) groups excluding carboxylic acids is 1. The van der Waals surface area contributed by atoms with Crippen LogP contribution < -0.4 is 0 Å². The summed E-state index contributed by atoms with van der Waals surface area (Å²) in [5, 5.41) is 8.31. The Labute approximate surface area is 76.5 Å². The van der Waals surface area contributed by atoms with Crippen LogP contribution in [0.5, 0.6) is 0 Å². The molecule has 3 nitrogen and oxygen atoms in total. The fourth-order valence-electron chi connectivity index (χ4n) is 0.319. The largest absolute Gasteiger partial charge is 0.463 e. The van der Waals surface area contributed by atoms with E-state index in [4.69, 9.17) is 5.26 Å². The summed E-state index contributed by atoms with van der Waals surface area (Å²) < 4.78 is 3.92. The van der Waals surface area contributed by atoms with E-state index >= 15 is 0 Å². The lowest BCUT2D eigenvalue weighted by atomic mass is 10.2. The summed E-state index contributed by atoms with van der Waals surface area (Å²) in [6.07, 6.45) is 0. The fraction of sp³-hybridized carbons (Fsp3) is 0.667. The van der Waals surface area contributed by atoms with Crippen LogP contribution in [0.1, 0.15) is 6.92 Å². The summed E-state index contributed by atoms with van der Waals surface area (Å²) in [6.45, 7) is 1.77. The molecule has 0 aromatic carbocycles. The van der Waals surface area contributed by atoms with Crippen LogP contribution in [0.2, 0.25) is 0 Å². The molecule has 0 aromatic rings. The molecule has 0 spiro atoms. The first-order valence-electron chi connectivity index (χ1n) is 3.00. The van der Waals surface area contributed by atoms with Crippen LogP contribution in [0, 0.1) is 17.2 Å². The molecule has 0 saturated heterocycles. The van der Waals surface area contributed by atoms with Crippen molar-refractivity contribution < 1.29 is 9.53 Å². The van der Waals surface area contributed by atoms with Crippen molar-refractivity contribution in [2.75, 3.05) is 6.61 Å². The molecule has 0 radical (unpaired) electrons. The van der Waals surface area contributed by atoms with Crippen molar-refractivity contribution in [1.82, 2.24) is 0 Å².